The van der Waals surface area contributed by atoms with Crippen molar-refractivity contribution in [3.63, 3.8) is 0 Å². The highest BCUT2D eigenvalue weighted by Crippen LogP contribution is 2.16. The Labute approximate surface area is 170 Å². The minimum atomic E-state index is -0.280. The Morgan fingerprint density at radius 3 is 2.42 bits per heavy atom. The second-order valence-electron chi connectivity index (χ2n) is 5.69. The number of aliphatic imine (C=N–C) groups is 1. The van der Waals surface area contributed by atoms with Gasteiger partial charge in [0.2, 0.25) is 0 Å². The van der Waals surface area contributed by atoms with Crippen LogP contribution in [0.1, 0.15) is 17.2 Å². The van der Waals surface area contributed by atoms with E-state index in [-0.39, 0.29) is 41.7 Å². The van der Waals surface area contributed by atoms with Gasteiger partial charge in [0.1, 0.15) is 11.6 Å². The molecule has 0 aliphatic rings. The zero-order valence-corrected chi connectivity index (χ0v) is 17.4. The molecule has 4 nitrogen and oxygen atoms in total. The standard InChI is InChI=1S/C19H23F2N3O.HI/c1-22-19(24(2)13-14-5-4-6-17(21)11-14)23-12-18(25-3)15-7-9-16(20)10-8-15;/h4-11,18H,12-13H2,1-3H3,(H,22,23);1H. The van der Waals surface area contributed by atoms with Crippen LogP contribution in [-0.2, 0) is 11.3 Å². The van der Waals surface area contributed by atoms with Gasteiger partial charge in [0, 0.05) is 34.3 Å². The molecule has 2 rings (SSSR count). The Morgan fingerprint density at radius 2 is 1.85 bits per heavy atom. The molecule has 1 atom stereocenters. The Morgan fingerprint density at radius 1 is 1.15 bits per heavy atom. The molecule has 142 valence electrons. The van der Waals surface area contributed by atoms with Crippen molar-refractivity contribution in [2.75, 3.05) is 27.7 Å². The van der Waals surface area contributed by atoms with Gasteiger partial charge in [-0.3, -0.25) is 4.99 Å². The van der Waals surface area contributed by atoms with Gasteiger partial charge in [-0.05, 0) is 35.4 Å². The van der Waals surface area contributed by atoms with E-state index in [9.17, 15) is 8.78 Å². The third-order valence-electron chi connectivity index (χ3n) is 3.85. The average Bonchev–Trinajstić information content (AvgIpc) is 2.60. The van der Waals surface area contributed by atoms with Gasteiger partial charge in [-0.25, -0.2) is 8.78 Å². The summed E-state index contributed by atoms with van der Waals surface area (Å²) in [6.07, 6.45) is -0.236. The van der Waals surface area contributed by atoms with E-state index in [0.29, 0.717) is 19.0 Å². The first-order chi connectivity index (χ1) is 12.0. The summed E-state index contributed by atoms with van der Waals surface area (Å²) in [5, 5.41) is 3.23. The van der Waals surface area contributed by atoms with Crippen molar-refractivity contribution in [3.05, 3.63) is 71.3 Å². The average molecular weight is 475 g/mol. The first kappa shape index (κ1) is 22.3. The normalized spacial score (nSPS) is 12.3. The van der Waals surface area contributed by atoms with Gasteiger partial charge >= 0.3 is 0 Å². The first-order valence-electron chi connectivity index (χ1n) is 7.98. The molecule has 0 heterocycles. The summed E-state index contributed by atoms with van der Waals surface area (Å²) in [5.41, 5.74) is 1.73. The van der Waals surface area contributed by atoms with Gasteiger partial charge in [0.15, 0.2) is 5.96 Å². The summed E-state index contributed by atoms with van der Waals surface area (Å²) in [7, 11) is 5.17. The molecule has 1 N–H and O–H groups in total. The van der Waals surface area contributed by atoms with Crippen LogP contribution in [0, 0.1) is 11.6 Å². The van der Waals surface area contributed by atoms with Crippen molar-refractivity contribution in [3.8, 4) is 0 Å². The van der Waals surface area contributed by atoms with Crippen molar-refractivity contribution >= 4 is 29.9 Å². The lowest BCUT2D eigenvalue weighted by atomic mass is 10.1. The number of benzene rings is 2. The fraction of sp³-hybridized carbons (Fsp3) is 0.316. The third-order valence-corrected chi connectivity index (χ3v) is 3.85. The van der Waals surface area contributed by atoms with Gasteiger partial charge in [0.25, 0.3) is 0 Å². The topological polar surface area (TPSA) is 36.9 Å². The lowest BCUT2D eigenvalue weighted by molar-refractivity contribution is 0.106. The van der Waals surface area contributed by atoms with Crippen molar-refractivity contribution in [1.82, 2.24) is 10.2 Å². The molecule has 0 aliphatic carbocycles. The third kappa shape index (κ3) is 6.53. The second-order valence-corrected chi connectivity index (χ2v) is 5.69. The van der Waals surface area contributed by atoms with E-state index in [4.69, 9.17) is 4.74 Å². The van der Waals surface area contributed by atoms with Crippen LogP contribution in [0.3, 0.4) is 0 Å². The zero-order chi connectivity index (χ0) is 18.2. The van der Waals surface area contributed by atoms with Crippen LogP contribution in [0.25, 0.3) is 0 Å². The van der Waals surface area contributed by atoms with Crippen LogP contribution in [-0.4, -0.2) is 38.6 Å². The van der Waals surface area contributed by atoms with E-state index in [1.165, 1.54) is 24.3 Å². The number of nitrogens with one attached hydrogen (secondary N) is 1. The minimum absolute atomic E-state index is 0. The Balaban J connectivity index is 0.00000338. The Hall–Kier alpha value is -1.74. The van der Waals surface area contributed by atoms with Crippen LogP contribution < -0.4 is 5.32 Å². The highest BCUT2D eigenvalue weighted by Gasteiger charge is 2.13. The van der Waals surface area contributed by atoms with Crippen molar-refractivity contribution in [1.29, 1.82) is 0 Å². The fourth-order valence-corrected chi connectivity index (χ4v) is 2.57. The van der Waals surface area contributed by atoms with E-state index in [0.717, 1.165) is 11.1 Å². The summed E-state index contributed by atoms with van der Waals surface area (Å²) < 4.78 is 31.8. The molecule has 0 aliphatic heterocycles. The monoisotopic (exact) mass is 475 g/mol. The highest BCUT2D eigenvalue weighted by molar-refractivity contribution is 14.0. The molecule has 0 radical (unpaired) electrons. The number of hydrogen-bond donors (Lipinski definition) is 1. The smallest absolute Gasteiger partial charge is 0.193 e. The van der Waals surface area contributed by atoms with Crippen LogP contribution in [0.5, 0.6) is 0 Å². The quantitative estimate of drug-likeness (QED) is 0.390. The van der Waals surface area contributed by atoms with Crippen LogP contribution >= 0.6 is 24.0 Å². The summed E-state index contributed by atoms with van der Waals surface area (Å²) in [6, 6.07) is 12.7. The van der Waals surface area contributed by atoms with E-state index in [2.05, 4.69) is 10.3 Å². The lowest BCUT2D eigenvalue weighted by Gasteiger charge is -2.24. The molecule has 0 aromatic heterocycles. The lowest BCUT2D eigenvalue weighted by Crippen LogP contribution is -2.40. The maximum atomic E-state index is 13.3. The molecule has 2 aromatic rings. The first-order valence-corrected chi connectivity index (χ1v) is 7.98. The van der Waals surface area contributed by atoms with E-state index in [1.807, 2.05) is 18.0 Å². The molecule has 0 spiro atoms. The van der Waals surface area contributed by atoms with Crippen LogP contribution in [0.15, 0.2) is 53.5 Å². The van der Waals surface area contributed by atoms with E-state index in [1.54, 1.807) is 32.4 Å². The summed E-state index contributed by atoms with van der Waals surface area (Å²) >= 11 is 0. The summed E-state index contributed by atoms with van der Waals surface area (Å²) in [4.78, 5) is 6.14. The molecular weight excluding hydrogens is 451 g/mol. The maximum absolute atomic E-state index is 13.3. The molecule has 7 heteroatoms. The molecule has 26 heavy (non-hydrogen) atoms. The molecule has 0 saturated heterocycles. The maximum Gasteiger partial charge on any atom is 0.193 e. The predicted molar refractivity (Wildman–Crippen MR) is 111 cm³/mol. The van der Waals surface area contributed by atoms with Gasteiger partial charge in [-0.1, -0.05) is 24.3 Å². The molecule has 2 aromatic carbocycles. The van der Waals surface area contributed by atoms with E-state index >= 15 is 0 Å². The molecule has 0 bridgehead atoms. The molecule has 0 amide bonds. The van der Waals surface area contributed by atoms with Crippen LogP contribution in [0.4, 0.5) is 8.78 Å². The fourth-order valence-electron chi connectivity index (χ4n) is 2.57. The zero-order valence-electron chi connectivity index (χ0n) is 15.1. The van der Waals surface area contributed by atoms with Crippen molar-refractivity contribution < 1.29 is 13.5 Å². The Bertz CT molecular complexity index is 710. The number of guanidine groups is 1. The van der Waals surface area contributed by atoms with Gasteiger partial charge in [-0.15, -0.1) is 24.0 Å². The number of halogens is 3. The van der Waals surface area contributed by atoms with Gasteiger partial charge < -0.3 is 15.0 Å². The largest absolute Gasteiger partial charge is 0.375 e. The van der Waals surface area contributed by atoms with Gasteiger partial charge in [0.05, 0.1) is 6.10 Å². The van der Waals surface area contributed by atoms with Crippen LogP contribution in [0.2, 0.25) is 0 Å². The predicted octanol–water partition coefficient (Wildman–Crippen LogP) is 3.98. The number of rotatable bonds is 6. The van der Waals surface area contributed by atoms with Gasteiger partial charge in [-0.2, -0.15) is 0 Å². The minimum Gasteiger partial charge on any atom is -0.375 e. The summed E-state index contributed by atoms with van der Waals surface area (Å²) in [6.45, 7) is 0.994. The SMILES string of the molecule is CN=C(NCC(OC)c1ccc(F)cc1)N(C)Cc1cccc(F)c1.I. The number of ether oxygens (including phenoxy) is 1. The molecule has 0 saturated carbocycles. The Kier molecular flexibility index (Phi) is 9.50. The highest BCUT2D eigenvalue weighted by atomic mass is 127. The second kappa shape index (κ2) is 11.1. The number of nitrogens with zero attached hydrogens (tertiary/aromatic N) is 2. The number of methoxy groups -OCH3 is 1. The van der Waals surface area contributed by atoms with E-state index < -0.39 is 0 Å². The number of hydrogen-bond acceptors (Lipinski definition) is 2. The van der Waals surface area contributed by atoms with Crippen molar-refractivity contribution in [2.24, 2.45) is 4.99 Å². The van der Waals surface area contributed by atoms with Crippen molar-refractivity contribution in [2.45, 2.75) is 12.6 Å². The molecular formula is C19H24F2IN3O. The molecule has 0 fully saturated rings. The summed E-state index contributed by atoms with van der Waals surface area (Å²) in [5.74, 6) is 0.121. The molecule has 1 unspecified atom stereocenters.